The van der Waals surface area contributed by atoms with Gasteiger partial charge in [0.1, 0.15) is 5.65 Å². The van der Waals surface area contributed by atoms with E-state index in [1.807, 2.05) is 11.5 Å². The molecule has 1 aliphatic heterocycles. The van der Waals surface area contributed by atoms with Crippen LogP contribution in [0.5, 0.6) is 0 Å². The van der Waals surface area contributed by atoms with Crippen LogP contribution in [-0.4, -0.2) is 36.5 Å². The summed E-state index contributed by atoms with van der Waals surface area (Å²) in [7, 11) is -1.74. The van der Waals surface area contributed by atoms with Gasteiger partial charge in [0.15, 0.2) is 5.03 Å². The van der Waals surface area contributed by atoms with E-state index in [9.17, 15) is 8.42 Å². The summed E-state index contributed by atoms with van der Waals surface area (Å²) in [5.41, 5.74) is 6.68. The fraction of sp³-hybridized carbons (Fsp3) is 0.250. The van der Waals surface area contributed by atoms with Crippen molar-refractivity contribution < 1.29 is 8.42 Å². The van der Waals surface area contributed by atoms with Gasteiger partial charge < -0.3 is 9.47 Å². The Kier molecular flexibility index (Phi) is 4.89. The summed E-state index contributed by atoms with van der Waals surface area (Å²) in [6.45, 7) is 5.65. The van der Waals surface area contributed by atoms with Crippen molar-refractivity contribution in [1.82, 2.24) is 14.5 Å². The lowest BCUT2D eigenvalue weighted by Crippen LogP contribution is -2.15. The first-order valence-electron chi connectivity index (χ1n) is 10.6. The number of hydrogen-bond donors (Lipinski definition) is 1. The van der Waals surface area contributed by atoms with Crippen molar-refractivity contribution >= 4 is 32.4 Å². The Morgan fingerprint density at radius 1 is 1.12 bits per heavy atom. The zero-order chi connectivity index (χ0) is 22.5. The van der Waals surface area contributed by atoms with Crippen LogP contribution in [0.25, 0.3) is 22.2 Å². The maximum absolute atomic E-state index is 13.1. The topological polar surface area (TPSA) is 80.1 Å². The molecule has 5 rings (SSSR count). The summed E-state index contributed by atoms with van der Waals surface area (Å²) in [6, 6.07) is 11.4. The van der Waals surface area contributed by atoms with Gasteiger partial charge in [-0.25, -0.2) is 9.97 Å². The molecule has 7 nitrogen and oxygen atoms in total. The van der Waals surface area contributed by atoms with Crippen LogP contribution in [0.3, 0.4) is 0 Å². The number of pyridine rings is 2. The summed E-state index contributed by atoms with van der Waals surface area (Å²) in [5, 5.41) is 0.773. The third kappa shape index (κ3) is 3.40. The molecule has 8 heteroatoms. The largest absolute Gasteiger partial charge is 0.374 e. The van der Waals surface area contributed by atoms with E-state index in [1.165, 1.54) is 17.3 Å². The van der Waals surface area contributed by atoms with Crippen molar-refractivity contribution in [2.75, 3.05) is 23.2 Å². The van der Waals surface area contributed by atoms with Gasteiger partial charge in [-0.05, 0) is 55.2 Å². The van der Waals surface area contributed by atoms with Crippen molar-refractivity contribution in [2.45, 2.75) is 31.8 Å². The number of benzene rings is 1. The van der Waals surface area contributed by atoms with Gasteiger partial charge in [-0.3, -0.25) is 4.72 Å². The first-order chi connectivity index (χ1) is 15.4. The number of aromatic nitrogens is 3. The Labute approximate surface area is 187 Å². The molecule has 0 aliphatic carbocycles. The molecule has 0 unspecified atom stereocenters. The van der Waals surface area contributed by atoms with Gasteiger partial charge >= 0.3 is 0 Å². The number of aryl methyl sites for hydroxylation is 2. The van der Waals surface area contributed by atoms with Crippen LogP contribution < -0.4 is 9.62 Å². The molecule has 1 aliphatic rings. The van der Waals surface area contributed by atoms with E-state index in [1.54, 1.807) is 24.5 Å². The Balaban J connectivity index is 1.66. The summed E-state index contributed by atoms with van der Waals surface area (Å²) in [6.07, 6.45) is 6.28. The normalized spacial score (nSPS) is 13.5. The molecule has 32 heavy (non-hydrogen) atoms. The van der Waals surface area contributed by atoms with Crippen LogP contribution in [0.15, 0.2) is 60.0 Å². The van der Waals surface area contributed by atoms with Crippen molar-refractivity contribution in [3.05, 3.63) is 66.1 Å². The van der Waals surface area contributed by atoms with Gasteiger partial charge in [-0.2, -0.15) is 8.42 Å². The van der Waals surface area contributed by atoms with Crippen LogP contribution in [-0.2, 0) is 23.0 Å². The fourth-order valence-electron chi connectivity index (χ4n) is 4.28. The van der Waals surface area contributed by atoms with Crippen LogP contribution >= 0.6 is 0 Å². The molecule has 0 atom stereocenters. The standard InChI is InChI=1S/C24H25N5O2S/c1-4-29-15-19(18-7-6-17-10-12-28(3)21(17)13-18)23-20(9-11-25-24(23)29)27-32(30,31)22-8-5-16(2)14-26-22/h5-9,11,13-15H,4,10,12H2,1-3H3,(H,25,27). The zero-order valence-electron chi connectivity index (χ0n) is 18.3. The molecule has 0 saturated heterocycles. The van der Waals surface area contributed by atoms with Crippen molar-refractivity contribution in [3.8, 4) is 11.1 Å². The second-order valence-corrected chi connectivity index (χ2v) is 9.81. The third-order valence-electron chi connectivity index (χ3n) is 6.03. The first kappa shape index (κ1) is 20.5. The number of rotatable bonds is 5. The number of fused-ring (bicyclic) bond motifs is 2. The summed E-state index contributed by atoms with van der Waals surface area (Å²) < 4.78 is 30.9. The molecule has 0 fully saturated rings. The Hall–Kier alpha value is -3.39. The minimum Gasteiger partial charge on any atom is -0.374 e. The molecule has 0 spiro atoms. The number of anilines is 2. The molecular formula is C24H25N5O2S. The van der Waals surface area contributed by atoms with Crippen molar-refractivity contribution in [2.24, 2.45) is 0 Å². The SMILES string of the molecule is CCn1cc(-c2ccc3c(c2)N(C)CC3)c2c(NS(=O)(=O)c3ccc(C)cn3)ccnc21. The minimum absolute atomic E-state index is 0.0105. The van der Waals surface area contributed by atoms with E-state index in [0.29, 0.717) is 5.69 Å². The van der Waals surface area contributed by atoms with E-state index < -0.39 is 10.0 Å². The fourth-order valence-corrected chi connectivity index (χ4v) is 5.28. The van der Waals surface area contributed by atoms with Gasteiger partial charge in [-0.1, -0.05) is 18.2 Å². The van der Waals surface area contributed by atoms with Crippen LogP contribution in [0.4, 0.5) is 11.4 Å². The van der Waals surface area contributed by atoms with Crippen LogP contribution in [0.1, 0.15) is 18.1 Å². The van der Waals surface area contributed by atoms with E-state index in [-0.39, 0.29) is 5.03 Å². The first-order valence-corrected chi connectivity index (χ1v) is 12.1. The van der Waals surface area contributed by atoms with Gasteiger partial charge in [-0.15, -0.1) is 0 Å². The molecule has 164 valence electrons. The van der Waals surface area contributed by atoms with Crippen LogP contribution in [0.2, 0.25) is 0 Å². The Bertz CT molecular complexity index is 1430. The smallest absolute Gasteiger partial charge is 0.279 e. The number of likely N-dealkylation sites (N-methyl/N-ethyl adjacent to an activating group) is 1. The lowest BCUT2D eigenvalue weighted by Gasteiger charge is -2.14. The Morgan fingerprint density at radius 3 is 2.72 bits per heavy atom. The Morgan fingerprint density at radius 2 is 1.97 bits per heavy atom. The number of nitrogens with one attached hydrogen (secondary N) is 1. The quantitative estimate of drug-likeness (QED) is 0.495. The highest BCUT2D eigenvalue weighted by Gasteiger charge is 2.22. The maximum Gasteiger partial charge on any atom is 0.279 e. The van der Waals surface area contributed by atoms with E-state index in [0.717, 1.165) is 47.2 Å². The maximum atomic E-state index is 13.1. The highest BCUT2D eigenvalue weighted by atomic mass is 32.2. The number of nitrogens with zero attached hydrogens (tertiary/aromatic N) is 4. The minimum atomic E-state index is -3.84. The zero-order valence-corrected chi connectivity index (χ0v) is 19.1. The molecule has 0 saturated carbocycles. The van der Waals surface area contributed by atoms with Gasteiger partial charge in [0.05, 0.1) is 11.1 Å². The van der Waals surface area contributed by atoms with Gasteiger partial charge in [0.2, 0.25) is 0 Å². The molecule has 4 heterocycles. The third-order valence-corrected chi connectivity index (χ3v) is 7.31. The number of hydrogen-bond acceptors (Lipinski definition) is 5. The van der Waals surface area contributed by atoms with Crippen molar-refractivity contribution in [3.63, 3.8) is 0 Å². The van der Waals surface area contributed by atoms with Crippen LogP contribution in [0, 0.1) is 6.92 Å². The molecule has 1 aromatic carbocycles. The van der Waals surface area contributed by atoms with E-state index in [4.69, 9.17) is 0 Å². The monoisotopic (exact) mass is 447 g/mol. The molecule has 0 bridgehead atoms. The highest BCUT2D eigenvalue weighted by molar-refractivity contribution is 7.92. The predicted octanol–water partition coefficient (Wildman–Crippen LogP) is 4.22. The molecular weight excluding hydrogens is 422 g/mol. The highest BCUT2D eigenvalue weighted by Crippen LogP contribution is 2.38. The second-order valence-electron chi connectivity index (χ2n) is 8.18. The van der Waals surface area contributed by atoms with E-state index in [2.05, 4.69) is 58.0 Å². The average Bonchev–Trinajstić information content (AvgIpc) is 3.35. The second kappa shape index (κ2) is 7.63. The van der Waals surface area contributed by atoms with Crippen molar-refractivity contribution in [1.29, 1.82) is 0 Å². The summed E-state index contributed by atoms with van der Waals surface area (Å²) in [4.78, 5) is 10.9. The number of sulfonamides is 1. The van der Waals surface area contributed by atoms with E-state index >= 15 is 0 Å². The van der Waals surface area contributed by atoms with Gasteiger partial charge in [0, 0.05) is 50.0 Å². The lowest BCUT2D eigenvalue weighted by atomic mass is 10.0. The lowest BCUT2D eigenvalue weighted by molar-refractivity contribution is 0.597. The molecule has 0 radical (unpaired) electrons. The summed E-state index contributed by atoms with van der Waals surface area (Å²) >= 11 is 0. The van der Waals surface area contributed by atoms with Gasteiger partial charge in [0.25, 0.3) is 10.0 Å². The molecule has 1 N–H and O–H groups in total. The molecule has 0 amide bonds. The summed E-state index contributed by atoms with van der Waals surface area (Å²) in [5.74, 6) is 0. The average molecular weight is 448 g/mol. The predicted molar refractivity (Wildman–Crippen MR) is 128 cm³/mol. The molecule has 3 aromatic heterocycles. The molecule has 4 aromatic rings.